The first kappa shape index (κ1) is 15.8. The van der Waals surface area contributed by atoms with Gasteiger partial charge in [0.05, 0.1) is 7.11 Å². The number of rotatable bonds is 5. The zero-order valence-electron chi connectivity index (χ0n) is 13.8. The molecule has 1 aliphatic rings. The molecule has 3 rings (SSSR count). The molecule has 1 fully saturated rings. The molecular weight excluding hydrogens is 288 g/mol. The molecule has 1 N–H and O–H groups in total. The van der Waals surface area contributed by atoms with Crippen LogP contribution in [0.4, 0.5) is 0 Å². The Labute approximate surface area is 137 Å². The van der Waals surface area contributed by atoms with Crippen LogP contribution in [0.15, 0.2) is 36.4 Å². The van der Waals surface area contributed by atoms with Crippen molar-refractivity contribution in [1.82, 2.24) is 10.2 Å². The molecule has 1 saturated heterocycles. The number of likely N-dealkylation sites (N-methyl/N-ethyl adjacent to an activating group) is 1. The minimum absolute atomic E-state index is 0.00525. The zero-order chi connectivity index (χ0) is 16.2. The number of fused-ring (bicyclic) bond motifs is 1. The molecular formula is C19H24N2O2. The Hall–Kier alpha value is -2.07. The fraction of sp³-hybridized carbons (Fsp3) is 0.421. The van der Waals surface area contributed by atoms with Crippen molar-refractivity contribution in [3.05, 3.63) is 42.0 Å². The molecule has 2 aromatic rings. The van der Waals surface area contributed by atoms with Crippen molar-refractivity contribution in [3.63, 3.8) is 0 Å². The highest BCUT2D eigenvalue weighted by Gasteiger charge is 2.23. The summed E-state index contributed by atoms with van der Waals surface area (Å²) in [5, 5.41) is 5.22. The highest BCUT2D eigenvalue weighted by molar-refractivity contribution is 5.98. The monoisotopic (exact) mass is 312 g/mol. The summed E-state index contributed by atoms with van der Waals surface area (Å²) >= 11 is 0. The van der Waals surface area contributed by atoms with Crippen LogP contribution < -0.4 is 10.1 Å². The van der Waals surface area contributed by atoms with Gasteiger partial charge in [-0.15, -0.1) is 0 Å². The highest BCUT2D eigenvalue weighted by atomic mass is 16.5. The maximum absolute atomic E-state index is 12.4. The fourth-order valence-corrected chi connectivity index (χ4v) is 3.35. The molecule has 1 atom stereocenters. The van der Waals surface area contributed by atoms with Crippen molar-refractivity contribution in [2.45, 2.75) is 25.8 Å². The zero-order valence-corrected chi connectivity index (χ0v) is 13.8. The summed E-state index contributed by atoms with van der Waals surface area (Å²) in [4.78, 5) is 14.8. The average molecular weight is 312 g/mol. The van der Waals surface area contributed by atoms with Crippen molar-refractivity contribution < 1.29 is 9.53 Å². The van der Waals surface area contributed by atoms with E-state index in [2.05, 4.69) is 17.1 Å². The van der Waals surface area contributed by atoms with E-state index in [1.165, 1.54) is 12.8 Å². The van der Waals surface area contributed by atoms with Gasteiger partial charge in [0.15, 0.2) is 0 Å². The molecule has 1 heterocycles. The summed E-state index contributed by atoms with van der Waals surface area (Å²) in [6.45, 7) is 5.11. The van der Waals surface area contributed by atoms with Crippen LogP contribution in [0.5, 0.6) is 5.75 Å². The van der Waals surface area contributed by atoms with E-state index >= 15 is 0 Å². The minimum atomic E-state index is 0.00525. The van der Waals surface area contributed by atoms with Crippen molar-refractivity contribution in [2.24, 2.45) is 0 Å². The molecule has 0 bridgehead atoms. The Morgan fingerprint density at radius 2 is 2.04 bits per heavy atom. The molecule has 0 saturated carbocycles. The van der Waals surface area contributed by atoms with Gasteiger partial charge in [-0.1, -0.05) is 19.1 Å². The molecule has 0 aromatic heterocycles. The van der Waals surface area contributed by atoms with Crippen LogP contribution in [-0.4, -0.2) is 43.6 Å². The van der Waals surface area contributed by atoms with Gasteiger partial charge in [0.25, 0.3) is 5.91 Å². The van der Waals surface area contributed by atoms with Gasteiger partial charge in [0, 0.05) is 18.2 Å². The Morgan fingerprint density at radius 3 is 2.83 bits per heavy atom. The molecule has 1 unspecified atom stereocenters. The smallest absolute Gasteiger partial charge is 0.251 e. The predicted octanol–water partition coefficient (Wildman–Crippen LogP) is 3.06. The first-order valence-corrected chi connectivity index (χ1v) is 8.31. The van der Waals surface area contributed by atoms with Crippen molar-refractivity contribution in [1.29, 1.82) is 0 Å². The Morgan fingerprint density at radius 1 is 1.26 bits per heavy atom. The van der Waals surface area contributed by atoms with Crippen LogP contribution in [0.25, 0.3) is 10.8 Å². The summed E-state index contributed by atoms with van der Waals surface area (Å²) in [7, 11) is 1.66. The van der Waals surface area contributed by atoms with Crippen LogP contribution in [0.2, 0.25) is 0 Å². The second kappa shape index (κ2) is 7.01. The fourth-order valence-electron chi connectivity index (χ4n) is 3.35. The van der Waals surface area contributed by atoms with E-state index in [1.54, 1.807) is 7.11 Å². The Kier molecular flexibility index (Phi) is 4.82. The summed E-state index contributed by atoms with van der Waals surface area (Å²) < 4.78 is 5.23. The van der Waals surface area contributed by atoms with Crippen LogP contribution in [0, 0.1) is 0 Å². The topological polar surface area (TPSA) is 41.6 Å². The molecule has 4 heteroatoms. The number of carbonyl (C=O) groups excluding carboxylic acids is 1. The van der Waals surface area contributed by atoms with Crippen molar-refractivity contribution in [3.8, 4) is 5.75 Å². The lowest BCUT2D eigenvalue weighted by Gasteiger charge is -2.22. The normalized spacial score (nSPS) is 18.3. The van der Waals surface area contributed by atoms with Crippen LogP contribution in [0.1, 0.15) is 30.1 Å². The van der Waals surface area contributed by atoms with E-state index in [1.807, 2.05) is 36.4 Å². The lowest BCUT2D eigenvalue weighted by atomic mass is 10.1. The SMILES string of the molecule is CCN1CCCC1CNC(=O)c1ccc2cc(OC)ccc2c1. The Balaban J connectivity index is 1.68. The van der Waals surface area contributed by atoms with Crippen LogP contribution >= 0.6 is 0 Å². The average Bonchev–Trinajstić information content (AvgIpc) is 3.06. The van der Waals surface area contributed by atoms with Gasteiger partial charge in [0.2, 0.25) is 0 Å². The maximum atomic E-state index is 12.4. The first-order valence-electron chi connectivity index (χ1n) is 8.31. The molecule has 0 aliphatic carbocycles. The largest absolute Gasteiger partial charge is 0.497 e. The predicted molar refractivity (Wildman–Crippen MR) is 93.1 cm³/mol. The number of ether oxygens (including phenoxy) is 1. The third kappa shape index (κ3) is 3.48. The third-order valence-electron chi connectivity index (χ3n) is 4.71. The number of methoxy groups -OCH3 is 1. The van der Waals surface area contributed by atoms with Crippen molar-refractivity contribution >= 4 is 16.7 Å². The number of likely N-dealkylation sites (tertiary alicyclic amines) is 1. The molecule has 122 valence electrons. The molecule has 0 spiro atoms. The van der Waals surface area contributed by atoms with Gasteiger partial charge >= 0.3 is 0 Å². The summed E-state index contributed by atoms with van der Waals surface area (Å²) in [5.74, 6) is 0.835. The van der Waals surface area contributed by atoms with Gasteiger partial charge in [0.1, 0.15) is 5.75 Å². The van der Waals surface area contributed by atoms with E-state index in [0.29, 0.717) is 11.6 Å². The number of carbonyl (C=O) groups is 1. The summed E-state index contributed by atoms with van der Waals surface area (Å²) in [6, 6.07) is 12.2. The number of nitrogens with zero attached hydrogens (tertiary/aromatic N) is 1. The minimum Gasteiger partial charge on any atom is -0.497 e. The molecule has 1 aliphatic heterocycles. The number of hydrogen-bond acceptors (Lipinski definition) is 3. The lowest BCUT2D eigenvalue weighted by Crippen LogP contribution is -2.40. The molecule has 1 amide bonds. The number of hydrogen-bond donors (Lipinski definition) is 1. The van der Waals surface area contributed by atoms with E-state index in [9.17, 15) is 4.79 Å². The van der Waals surface area contributed by atoms with Gasteiger partial charge in [-0.2, -0.15) is 0 Å². The number of benzene rings is 2. The van der Waals surface area contributed by atoms with Gasteiger partial charge in [-0.05, 0) is 61.0 Å². The van der Waals surface area contributed by atoms with E-state index in [0.717, 1.165) is 36.2 Å². The lowest BCUT2D eigenvalue weighted by molar-refractivity contribution is 0.0941. The second-order valence-electron chi connectivity index (χ2n) is 6.06. The second-order valence-corrected chi connectivity index (χ2v) is 6.06. The van der Waals surface area contributed by atoms with Gasteiger partial charge in [-0.25, -0.2) is 0 Å². The van der Waals surface area contributed by atoms with E-state index in [-0.39, 0.29) is 5.91 Å². The molecule has 4 nitrogen and oxygen atoms in total. The van der Waals surface area contributed by atoms with Gasteiger partial charge < -0.3 is 10.1 Å². The summed E-state index contributed by atoms with van der Waals surface area (Å²) in [5.41, 5.74) is 0.712. The van der Waals surface area contributed by atoms with E-state index in [4.69, 9.17) is 4.74 Å². The highest BCUT2D eigenvalue weighted by Crippen LogP contribution is 2.22. The number of amides is 1. The van der Waals surface area contributed by atoms with Gasteiger partial charge in [-0.3, -0.25) is 9.69 Å². The van der Waals surface area contributed by atoms with Crippen LogP contribution in [-0.2, 0) is 0 Å². The molecule has 23 heavy (non-hydrogen) atoms. The third-order valence-corrected chi connectivity index (χ3v) is 4.71. The van der Waals surface area contributed by atoms with Crippen molar-refractivity contribution in [2.75, 3.05) is 26.7 Å². The van der Waals surface area contributed by atoms with Crippen LogP contribution in [0.3, 0.4) is 0 Å². The molecule has 0 radical (unpaired) electrons. The molecule has 2 aromatic carbocycles. The van der Waals surface area contributed by atoms with E-state index < -0.39 is 0 Å². The number of nitrogens with one attached hydrogen (secondary N) is 1. The quantitative estimate of drug-likeness (QED) is 0.922. The summed E-state index contributed by atoms with van der Waals surface area (Å²) in [6.07, 6.45) is 2.40. The standard InChI is InChI=1S/C19H24N2O2/c1-3-21-10-4-5-17(21)13-20-19(22)16-7-6-15-12-18(23-2)9-8-14(15)11-16/h6-9,11-12,17H,3-5,10,13H2,1-2H3,(H,20,22). The Bertz CT molecular complexity index is 699. The maximum Gasteiger partial charge on any atom is 0.251 e. The first-order chi connectivity index (χ1) is 11.2.